The van der Waals surface area contributed by atoms with E-state index in [4.69, 9.17) is 15.1 Å². The van der Waals surface area contributed by atoms with Gasteiger partial charge in [0, 0.05) is 19.5 Å². The molecular formula is C9H14N2O3. The summed E-state index contributed by atoms with van der Waals surface area (Å²) >= 11 is 0. The molecular weight excluding hydrogens is 184 g/mol. The third-order valence-corrected chi connectivity index (χ3v) is 2.26. The summed E-state index contributed by atoms with van der Waals surface area (Å²) < 4.78 is 5.09. The molecule has 1 saturated heterocycles. The number of carboxylic acid groups (broad SMARTS) is 1. The van der Waals surface area contributed by atoms with Gasteiger partial charge in [-0.1, -0.05) is 0 Å². The number of nitriles is 1. The van der Waals surface area contributed by atoms with Crippen molar-refractivity contribution in [3.63, 3.8) is 0 Å². The Labute approximate surface area is 82.9 Å². The van der Waals surface area contributed by atoms with Crippen LogP contribution >= 0.6 is 0 Å². The Morgan fingerprint density at radius 1 is 1.71 bits per heavy atom. The monoisotopic (exact) mass is 198 g/mol. The molecule has 0 bridgehead atoms. The van der Waals surface area contributed by atoms with E-state index in [9.17, 15) is 4.79 Å². The van der Waals surface area contributed by atoms with Gasteiger partial charge in [-0.15, -0.1) is 0 Å². The summed E-state index contributed by atoms with van der Waals surface area (Å²) in [4.78, 5) is 12.7. The SMILES string of the molecule is N#CCCCN1CCOCC1C(=O)O. The lowest BCUT2D eigenvalue weighted by atomic mass is 10.2. The largest absolute Gasteiger partial charge is 0.480 e. The van der Waals surface area contributed by atoms with E-state index < -0.39 is 12.0 Å². The van der Waals surface area contributed by atoms with E-state index >= 15 is 0 Å². The predicted molar refractivity (Wildman–Crippen MR) is 48.7 cm³/mol. The van der Waals surface area contributed by atoms with Gasteiger partial charge >= 0.3 is 5.97 Å². The van der Waals surface area contributed by atoms with Crippen molar-refractivity contribution in [3.8, 4) is 6.07 Å². The number of unbranched alkanes of at least 4 members (excludes halogenated alkanes) is 1. The first kappa shape index (κ1) is 11.0. The van der Waals surface area contributed by atoms with E-state index in [1.807, 2.05) is 11.0 Å². The van der Waals surface area contributed by atoms with Gasteiger partial charge in [0.1, 0.15) is 6.04 Å². The maximum Gasteiger partial charge on any atom is 0.323 e. The van der Waals surface area contributed by atoms with Gasteiger partial charge < -0.3 is 9.84 Å². The van der Waals surface area contributed by atoms with Gasteiger partial charge in [0.25, 0.3) is 0 Å². The quantitative estimate of drug-likeness (QED) is 0.647. The lowest BCUT2D eigenvalue weighted by Gasteiger charge is -2.32. The number of rotatable bonds is 4. The van der Waals surface area contributed by atoms with Crippen molar-refractivity contribution in [2.45, 2.75) is 18.9 Å². The highest BCUT2D eigenvalue weighted by Gasteiger charge is 2.28. The minimum absolute atomic E-state index is 0.252. The van der Waals surface area contributed by atoms with Crippen LogP contribution in [0.5, 0.6) is 0 Å². The fraction of sp³-hybridized carbons (Fsp3) is 0.778. The van der Waals surface area contributed by atoms with Gasteiger partial charge in [0.2, 0.25) is 0 Å². The van der Waals surface area contributed by atoms with Gasteiger partial charge in [-0.25, -0.2) is 0 Å². The van der Waals surface area contributed by atoms with E-state index in [1.165, 1.54) is 0 Å². The Balaban J connectivity index is 2.38. The summed E-state index contributed by atoms with van der Waals surface area (Å²) in [6.45, 7) is 2.13. The lowest BCUT2D eigenvalue weighted by molar-refractivity contribution is -0.149. The molecule has 14 heavy (non-hydrogen) atoms. The fourth-order valence-electron chi connectivity index (χ4n) is 1.49. The number of hydrogen-bond acceptors (Lipinski definition) is 4. The molecule has 0 aromatic rings. The van der Waals surface area contributed by atoms with E-state index in [0.29, 0.717) is 26.1 Å². The van der Waals surface area contributed by atoms with Crippen LogP contribution in [0.4, 0.5) is 0 Å². The molecule has 1 heterocycles. The minimum Gasteiger partial charge on any atom is -0.480 e. The van der Waals surface area contributed by atoms with Gasteiger partial charge in [-0.05, 0) is 6.42 Å². The summed E-state index contributed by atoms with van der Waals surface area (Å²) in [6, 6.07) is 1.51. The van der Waals surface area contributed by atoms with Crippen LogP contribution in [-0.4, -0.2) is 48.3 Å². The molecule has 0 aromatic carbocycles. The second-order valence-corrected chi connectivity index (χ2v) is 3.23. The zero-order chi connectivity index (χ0) is 10.4. The van der Waals surface area contributed by atoms with Crippen LogP contribution in [0, 0.1) is 11.3 Å². The van der Waals surface area contributed by atoms with Crippen molar-refractivity contribution in [2.24, 2.45) is 0 Å². The van der Waals surface area contributed by atoms with E-state index in [0.717, 1.165) is 6.42 Å². The molecule has 1 aliphatic heterocycles. The second-order valence-electron chi connectivity index (χ2n) is 3.23. The lowest BCUT2D eigenvalue weighted by Crippen LogP contribution is -2.50. The van der Waals surface area contributed by atoms with Gasteiger partial charge in [0.15, 0.2) is 0 Å². The Kier molecular flexibility index (Phi) is 4.36. The Bertz CT molecular complexity index is 237. The van der Waals surface area contributed by atoms with E-state index in [1.54, 1.807) is 0 Å². The Morgan fingerprint density at radius 2 is 2.50 bits per heavy atom. The number of aliphatic carboxylic acids is 1. The van der Waals surface area contributed by atoms with Gasteiger partial charge in [0.05, 0.1) is 19.3 Å². The Morgan fingerprint density at radius 3 is 3.14 bits per heavy atom. The zero-order valence-electron chi connectivity index (χ0n) is 7.98. The minimum atomic E-state index is -0.846. The molecule has 0 saturated carbocycles. The maximum absolute atomic E-state index is 10.8. The van der Waals surface area contributed by atoms with Crippen molar-refractivity contribution in [1.82, 2.24) is 4.90 Å². The first-order valence-electron chi connectivity index (χ1n) is 4.67. The molecule has 0 aliphatic carbocycles. The summed E-state index contributed by atoms with van der Waals surface area (Å²) in [5.41, 5.74) is 0. The molecule has 1 unspecified atom stereocenters. The van der Waals surface area contributed by atoms with Crippen LogP contribution in [0.25, 0.3) is 0 Å². The summed E-state index contributed by atoms with van der Waals surface area (Å²) in [5, 5.41) is 17.2. The van der Waals surface area contributed by atoms with Crippen molar-refractivity contribution in [2.75, 3.05) is 26.3 Å². The first-order chi connectivity index (χ1) is 6.75. The average Bonchev–Trinajstić information content (AvgIpc) is 2.19. The molecule has 1 N–H and O–H groups in total. The molecule has 1 fully saturated rings. The van der Waals surface area contributed by atoms with Gasteiger partial charge in [-0.3, -0.25) is 9.69 Å². The summed E-state index contributed by atoms with van der Waals surface area (Å²) in [6.07, 6.45) is 1.20. The molecule has 1 rings (SSSR count). The number of carbonyl (C=O) groups is 1. The molecule has 0 radical (unpaired) electrons. The molecule has 0 amide bonds. The van der Waals surface area contributed by atoms with Crippen molar-refractivity contribution >= 4 is 5.97 Å². The normalized spacial score (nSPS) is 22.9. The summed E-state index contributed by atoms with van der Waals surface area (Å²) in [5.74, 6) is -0.846. The smallest absolute Gasteiger partial charge is 0.323 e. The standard InChI is InChI=1S/C9H14N2O3/c10-3-1-2-4-11-5-6-14-7-8(11)9(12)13/h8H,1-2,4-7H2,(H,12,13). The van der Waals surface area contributed by atoms with Crippen molar-refractivity contribution in [1.29, 1.82) is 5.26 Å². The number of nitrogens with zero attached hydrogens (tertiary/aromatic N) is 2. The number of morpholine rings is 1. The molecule has 0 spiro atoms. The maximum atomic E-state index is 10.8. The van der Waals surface area contributed by atoms with E-state index in [-0.39, 0.29) is 6.61 Å². The highest BCUT2D eigenvalue weighted by Crippen LogP contribution is 2.08. The highest BCUT2D eigenvalue weighted by atomic mass is 16.5. The summed E-state index contributed by atoms with van der Waals surface area (Å²) in [7, 11) is 0. The van der Waals surface area contributed by atoms with Gasteiger partial charge in [-0.2, -0.15) is 5.26 Å². The van der Waals surface area contributed by atoms with Crippen LogP contribution < -0.4 is 0 Å². The molecule has 5 heteroatoms. The van der Waals surface area contributed by atoms with Crippen LogP contribution in [0.1, 0.15) is 12.8 Å². The molecule has 78 valence electrons. The number of ether oxygens (including phenoxy) is 1. The van der Waals surface area contributed by atoms with Crippen molar-refractivity contribution < 1.29 is 14.6 Å². The number of hydrogen-bond donors (Lipinski definition) is 1. The zero-order valence-corrected chi connectivity index (χ0v) is 7.98. The average molecular weight is 198 g/mol. The third-order valence-electron chi connectivity index (χ3n) is 2.26. The Hall–Kier alpha value is -1.12. The van der Waals surface area contributed by atoms with Crippen LogP contribution in [0.2, 0.25) is 0 Å². The van der Waals surface area contributed by atoms with Crippen LogP contribution in [0.15, 0.2) is 0 Å². The first-order valence-corrected chi connectivity index (χ1v) is 4.67. The van der Waals surface area contributed by atoms with Crippen LogP contribution in [-0.2, 0) is 9.53 Å². The molecule has 1 aliphatic rings. The highest BCUT2D eigenvalue weighted by molar-refractivity contribution is 5.73. The predicted octanol–water partition coefficient (Wildman–Crippen LogP) is 0.0756. The van der Waals surface area contributed by atoms with Crippen LogP contribution in [0.3, 0.4) is 0 Å². The second kappa shape index (κ2) is 5.58. The molecule has 5 nitrogen and oxygen atoms in total. The number of carboxylic acids is 1. The fourth-order valence-corrected chi connectivity index (χ4v) is 1.49. The third kappa shape index (κ3) is 2.98. The van der Waals surface area contributed by atoms with E-state index in [2.05, 4.69) is 0 Å². The molecule has 0 aromatic heterocycles. The van der Waals surface area contributed by atoms with Crippen molar-refractivity contribution in [3.05, 3.63) is 0 Å². The topological polar surface area (TPSA) is 73.6 Å². The molecule has 1 atom stereocenters.